The second-order valence-corrected chi connectivity index (χ2v) is 6.79. The van der Waals surface area contributed by atoms with E-state index < -0.39 is 6.04 Å². The Labute approximate surface area is 147 Å². The first-order valence-corrected chi connectivity index (χ1v) is 8.68. The number of para-hydroxylation sites is 1. The monoisotopic (exact) mass is 343 g/mol. The maximum atomic E-state index is 12.7. The van der Waals surface area contributed by atoms with Gasteiger partial charge in [-0.2, -0.15) is 0 Å². The largest absolute Gasteiger partial charge is 0.467 e. The van der Waals surface area contributed by atoms with E-state index in [4.69, 9.17) is 4.74 Å². The Bertz CT molecular complexity index is 768. The van der Waals surface area contributed by atoms with Gasteiger partial charge in [0.15, 0.2) is 0 Å². The molecule has 2 atom stereocenters. The third kappa shape index (κ3) is 3.26. The number of nitrogens with one attached hydrogen (secondary N) is 2. The number of amides is 1. The van der Waals surface area contributed by atoms with Crippen LogP contribution in [0.5, 0.6) is 0 Å². The molecule has 0 saturated carbocycles. The molecule has 3 rings (SSSR count). The smallest absolute Gasteiger partial charge is 0.329 e. The van der Waals surface area contributed by atoms with Crippen molar-refractivity contribution in [3.8, 4) is 0 Å². The van der Waals surface area contributed by atoms with E-state index in [0.717, 1.165) is 16.5 Å². The maximum Gasteiger partial charge on any atom is 0.329 e. The van der Waals surface area contributed by atoms with Gasteiger partial charge in [0, 0.05) is 36.1 Å². The Morgan fingerprint density at radius 2 is 2.04 bits per heavy atom. The van der Waals surface area contributed by atoms with Crippen molar-refractivity contribution in [3.05, 3.63) is 36.0 Å². The standard InChI is InChI=1S/C19H25N3O3/c1-12(2)17(14-10-21-15-7-5-4-6-13(14)15)18(19(24)25-3)22-9-8-20-11-16(22)23/h4-7,10,12,17-18,20-21H,8-9,11H2,1-3H3/t17?,18-/m0/s1. The molecule has 1 aliphatic heterocycles. The van der Waals surface area contributed by atoms with E-state index in [1.54, 1.807) is 4.90 Å². The minimum Gasteiger partial charge on any atom is -0.467 e. The highest BCUT2D eigenvalue weighted by atomic mass is 16.5. The van der Waals surface area contributed by atoms with Crippen molar-refractivity contribution in [3.63, 3.8) is 0 Å². The van der Waals surface area contributed by atoms with E-state index in [1.165, 1.54) is 7.11 Å². The molecule has 2 N–H and O–H groups in total. The lowest BCUT2D eigenvalue weighted by Gasteiger charge is -2.39. The summed E-state index contributed by atoms with van der Waals surface area (Å²) in [5.74, 6) is -0.414. The zero-order valence-corrected chi connectivity index (χ0v) is 14.9. The van der Waals surface area contributed by atoms with Gasteiger partial charge in [-0.05, 0) is 17.5 Å². The molecule has 0 radical (unpaired) electrons. The number of aromatic amines is 1. The quantitative estimate of drug-likeness (QED) is 0.813. The summed E-state index contributed by atoms with van der Waals surface area (Å²) < 4.78 is 5.09. The summed E-state index contributed by atoms with van der Waals surface area (Å²) in [5.41, 5.74) is 2.07. The SMILES string of the molecule is COC(=O)[C@H](C(c1c[nH]c2ccccc12)C(C)C)N1CCNCC1=O. The molecular weight excluding hydrogens is 318 g/mol. The normalized spacial score (nSPS) is 17.8. The zero-order chi connectivity index (χ0) is 18.0. The van der Waals surface area contributed by atoms with Crippen LogP contribution in [0.1, 0.15) is 25.3 Å². The fourth-order valence-electron chi connectivity index (χ4n) is 3.77. The summed E-state index contributed by atoms with van der Waals surface area (Å²) in [4.78, 5) is 30.1. The van der Waals surface area contributed by atoms with Gasteiger partial charge in [-0.3, -0.25) is 4.79 Å². The first kappa shape index (κ1) is 17.5. The Hall–Kier alpha value is -2.34. The van der Waals surface area contributed by atoms with Crippen LogP contribution in [0.2, 0.25) is 0 Å². The van der Waals surface area contributed by atoms with Crippen LogP contribution in [0.3, 0.4) is 0 Å². The molecule has 134 valence electrons. The van der Waals surface area contributed by atoms with E-state index in [0.29, 0.717) is 13.1 Å². The van der Waals surface area contributed by atoms with E-state index in [9.17, 15) is 9.59 Å². The van der Waals surface area contributed by atoms with Gasteiger partial charge in [-0.15, -0.1) is 0 Å². The van der Waals surface area contributed by atoms with Gasteiger partial charge in [0.1, 0.15) is 6.04 Å². The molecule has 1 fully saturated rings. The highest BCUT2D eigenvalue weighted by molar-refractivity contribution is 5.89. The topological polar surface area (TPSA) is 74.4 Å². The molecule has 1 aliphatic rings. The molecule has 2 heterocycles. The van der Waals surface area contributed by atoms with Gasteiger partial charge in [0.05, 0.1) is 13.7 Å². The number of aromatic nitrogens is 1. The van der Waals surface area contributed by atoms with E-state index in [1.807, 2.05) is 30.5 Å². The molecule has 1 amide bonds. The Kier molecular flexibility index (Phi) is 5.08. The molecule has 2 aromatic rings. The highest BCUT2D eigenvalue weighted by Crippen LogP contribution is 2.36. The number of benzene rings is 1. The van der Waals surface area contributed by atoms with Crippen molar-refractivity contribution in [1.29, 1.82) is 0 Å². The van der Waals surface area contributed by atoms with Gasteiger partial charge in [0.2, 0.25) is 5.91 Å². The Balaban J connectivity index is 2.09. The number of piperazine rings is 1. The van der Waals surface area contributed by atoms with Gasteiger partial charge in [0.25, 0.3) is 0 Å². The van der Waals surface area contributed by atoms with Crippen LogP contribution in [0, 0.1) is 5.92 Å². The summed E-state index contributed by atoms with van der Waals surface area (Å²) in [6.45, 7) is 5.60. The van der Waals surface area contributed by atoms with Crippen molar-refractivity contribution >= 4 is 22.8 Å². The fraction of sp³-hybridized carbons (Fsp3) is 0.474. The molecule has 6 heteroatoms. The summed E-state index contributed by atoms with van der Waals surface area (Å²) in [7, 11) is 1.38. The molecule has 1 aromatic heterocycles. The number of rotatable bonds is 5. The van der Waals surface area contributed by atoms with Crippen LogP contribution < -0.4 is 5.32 Å². The number of H-pyrrole nitrogens is 1. The third-order valence-electron chi connectivity index (χ3n) is 4.94. The average Bonchev–Trinajstić information content (AvgIpc) is 3.03. The van der Waals surface area contributed by atoms with Crippen LogP contribution in [0.25, 0.3) is 10.9 Å². The summed E-state index contributed by atoms with van der Waals surface area (Å²) in [5, 5.41) is 4.14. The van der Waals surface area contributed by atoms with E-state index in [-0.39, 0.29) is 30.3 Å². The van der Waals surface area contributed by atoms with Crippen molar-refractivity contribution in [2.75, 3.05) is 26.7 Å². The summed E-state index contributed by atoms with van der Waals surface area (Å²) in [6, 6.07) is 7.40. The fourth-order valence-corrected chi connectivity index (χ4v) is 3.77. The lowest BCUT2D eigenvalue weighted by atomic mass is 9.81. The molecule has 1 unspecified atom stereocenters. The van der Waals surface area contributed by atoms with Crippen molar-refractivity contribution in [2.24, 2.45) is 5.92 Å². The number of methoxy groups -OCH3 is 1. The number of carbonyl (C=O) groups excluding carboxylic acids is 2. The predicted molar refractivity (Wildman–Crippen MR) is 96.3 cm³/mol. The van der Waals surface area contributed by atoms with Crippen LogP contribution in [0.15, 0.2) is 30.5 Å². The third-order valence-corrected chi connectivity index (χ3v) is 4.94. The lowest BCUT2D eigenvalue weighted by Crippen LogP contribution is -2.57. The molecule has 0 bridgehead atoms. The minimum absolute atomic E-state index is 0.0628. The summed E-state index contributed by atoms with van der Waals surface area (Å²) >= 11 is 0. The van der Waals surface area contributed by atoms with Gasteiger partial charge in [-0.1, -0.05) is 32.0 Å². The van der Waals surface area contributed by atoms with Crippen LogP contribution in [-0.4, -0.2) is 54.5 Å². The molecule has 0 aliphatic carbocycles. The summed E-state index contributed by atoms with van der Waals surface area (Å²) in [6.07, 6.45) is 1.96. The van der Waals surface area contributed by atoms with Crippen molar-refractivity contribution < 1.29 is 14.3 Å². The molecule has 6 nitrogen and oxygen atoms in total. The Morgan fingerprint density at radius 1 is 1.28 bits per heavy atom. The van der Waals surface area contributed by atoms with Gasteiger partial charge in [-0.25, -0.2) is 4.79 Å². The van der Waals surface area contributed by atoms with Crippen molar-refractivity contribution in [1.82, 2.24) is 15.2 Å². The number of carbonyl (C=O) groups is 2. The first-order chi connectivity index (χ1) is 12.0. The van der Waals surface area contributed by atoms with Crippen LogP contribution >= 0.6 is 0 Å². The predicted octanol–water partition coefficient (Wildman–Crippen LogP) is 1.88. The number of fused-ring (bicyclic) bond motifs is 1. The molecule has 25 heavy (non-hydrogen) atoms. The first-order valence-electron chi connectivity index (χ1n) is 8.68. The Morgan fingerprint density at radius 3 is 2.72 bits per heavy atom. The van der Waals surface area contributed by atoms with Gasteiger partial charge < -0.3 is 19.9 Å². The molecule has 1 saturated heterocycles. The maximum absolute atomic E-state index is 12.7. The van der Waals surface area contributed by atoms with E-state index >= 15 is 0 Å². The number of esters is 1. The number of ether oxygens (including phenoxy) is 1. The van der Waals surface area contributed by atoms with Crippen LogP contribution in [-0.2, 0) is 14.3 Å². The second-order valence-electron chi connectivity index (χ2n) is 6.79. The molecule has 1 aromatic carbocycles. The van der Waals surface area contributed by atoms with Crippen LogP contribution in [0.4, 0.5) is 0 Å². The zero-order valence-electron chi connectivity index (χ0n) is 14.9. The van der Waals surface area contributed by atoms with Crippen molar-refractivity contribution in [2.45, 2.75) is 25.8 Å². The lowest BCUT2D eigenvalue weighted by molar-refractivity contribution is -0.155. The highest BCUT2D eigenvalue weighted by Gasteiger charge is 2.41. The molecular formula is C19H25N3O3. The number of hydrogen-bond donors (Lipinski definition) is 2. The minimum atomic E-state index is -0.626. The van der Waals surface area contributed by atoms with Gasteiger partial charge >= 0.3 is 5.97 Å². The number of hydrogen-bond acceptors (Lipinski definition) is 4. The molecule has 0 spiro atoms. The van der Waals surface area contributed by atoms with E-state index in [2.05, 4.69) is 24.1 Å². The average molecular weight is 343 g/mol. The second kappa shape index (κ2) is 7.27. The number of nitrogens with zero attached hydrogens (tertiary/aromatic N) is 1.